The summed E-state index contributed by atoms with van der Waals surface area (Å²) in [5.41, 5.74) is 0. The summed E-state index contributed by atoms with van der Waals surface area (Å²) in [6.45, 7) is 0. The number of hydrogen-bond donors (Lipinski definition) is 1. The van der Waals surface area contributed by atoms with Gasteiger partial charge in [0.2, 0.25) is 0 Å². The Bertz CT molecular complexity index is 340. The van der Waals surface area contributed by atoms with Crippen molar-refractivity contribution in [2.24, 2.45) is 11.8 Å². The van der Waals surface area contributed by atoms with Crippen LogP contribution in [-0.2, 0) is 9.59 Å². The van der Waals surface area contributed by atoms with E-state index < -0.39 is 5.97 Å². The van der Waals surface area contributed by atoms with Gasteiger partial charge in [0.05, 0.1) is 0 Å². The molecular weight excluding hydrogens is 248 g/mol. The first-order valence-corrected chi connectivity index (χ1v) is 7.64. The molecule has 2 fully saturated rings. The second-order valence-corrected chi connectivity index (χ2v) is 6.64. The lowest BCUT2D eigenvalue weighted by Gasteiger charge is -2.24. The Labute approximate surface area is 112 Å². The molecular formula is C14H20O3S. The van der Waals surface area contributed by atoms with Gasteiger partial charge < -0.3 is 9.90 Å². The van der Waals surface area contributed by atoms with E-state index in [2.05, 4.69) is 12.2 Å². The monoisotopic (exact) mass is 268 g/mol. The molecule has 4 heteroatoms. The lowest BCUT2D eigenvalue weighted by atomic mass is 9.78. The molecule has 0 unspecified atom stereocenters. The average molecular weight is 268 g/mol. The minimum Gasteiger partial charge on any atom is -0.481 e. The van der Waals surface area contributed by atoms with Gasteiger partial charge in [-0.3, -0.25) is 4.79 Å². The maximum atomic E-state index is 11.1. The highest BCUT2D eigenvalue weighted by Crippen LogP contribution is 2.53. The predicted octanol–water partition coefficient (Wildman–Crippen LogP) is 2.90. The maximum Gasteiger partial charge on any atom is 0.303 e. The molecule has 2 bridgehead atoms. The van der Waals surface area contributed by atoms with Crippen molar-refractivity contribution >= 4 is 24.0 Å². The normalized spacial score (nSPS) is 34.2. The number of unbranched alkanes of at least 4 members (excludes halogenated alkanes) is 1. The number of carbonyl (C=O) groups excluding carboxylic acids is 1. The van der Waals surface area contributed by atoms with E-state index in [1.54, 1.807) is 0 Å². The molecule has 0 saturated carbocycles. The molecule has 2 aliphatic heterocycles. The third-order valence-corrected chi connectivity index (χ3v) is 5.81. The molecule has 2 rings (SSSR count). The van der Waals surface area contributed by atoms with E-state index in [9.17, 15) is 9.59 Å². The molecule has 0 radical (unpaired) electrons. The van der Waals surface area contributed by atoms with E-state index in [1.807, 2.05) is 11.8 Å². The third-order valence-electron chi connectivity index (χ3n) is 3.98. The van der Waals surface area contributed by atoms with Crippen molar-refractivity contribution in [2.75, 3.05) is 0 Å². The van der Waals surface area contributed by atoms with Crippen LogP contribution >= 0.6 is 11.8 Å². The van der Waals surface area contributed by atoms with E-state index in [0.717, 1.165) is 19.1 Å². The zero-order chi connectivity index (χ0) is 13.0. The summed E-state index contributed by atoms with van der Waals surface area (Å²) in [6.07, 6.45) is 10.6. The smallest absolute Gasteiger partial charge is 0.303 e. The Balaban J connectivity index is 1.71. The Kier molecular flexibility index (Phi) is 4.87. The lowest BCUT2D eigenvalue weighted by molar-refractivity contribution is -0.137. The summed E-state index contributed by atoms with van der Waals surface area (Å²) in [4.78, 5) is 21.5. The summed E-state index contributed by atoms with van der Waals surface area (Å²) in [5, 5.41) is 9.76. The van der Waals surface area contributed by atoms with Crippen LogP contribution in [-0.4, -0.2) is 27.9 Å². The fraction of sp³-hybridized carbons (Fsp3) is 0.714. The van der Waals surface area contributed by atoms with Gasteiger partial charge in [0.1, 0.15) is 6.29 Å². The molecule has 1 N–H and O–H groups in total. The van der Waals surface area contributed by atoms with Crippen LogP contribution in [0.3, 0.4) is 0 Å². The number of thioether (sulfide) groups is 1. The molecule has 4 atom stereocenters. The lowest BCUT2D eigenvalue weighted by Crippen LogP contribution is -2.27. The fourth-order valence-corrected chi connectivity index (χ4v) is 4.99. The van der Waals surface area contributed by atoms with E-state index in [-0.39, 0.29) is 12.3 Å². The average Bonchev–Trinajstić information content (AvgIpc) is 2.93. The van der Waals surface area contributed by atoms with Crippen molar-refractivity contribution in [3.8, 4) is 0 Å². The minimum absolute atomic E-state index is 0.241. The van der Waals surface area contributed by atoms with Crippen molar-refractivity contribution in [1.29, 1.82) is 0 Å². The van der Waals surface area contributed by atoms with Crippen molar-refractivity contribution in [1.82, 2.24) is 0 Å². The second-order valence-electron chi connectivity index (χ2n) is 5.16. The molecule has 2 heterocycles. The number of carboxylic acids is 1. The Morgan fingerprint density at radius 1 is 1.28 bits per heavy atom. The van der Waals surface area contributed by atoms with E-state index >= 15 is 0 Å². The topological polar surface area (TPSA) is 54.4 Å². The van der Waals surface area contributed by atoms with E-state index in [1.165, 1.54) is 12.8 Å². The fourth-order valence-electron chi connectivity index (χ4n) is 3.05. The molecule has 2 aliphatic rings. The minimum atomic E-state index is -0.728. The number of aliphatic carboxylic acids is 1. The molecule has 18 heavy (non-hydrogen) atoms. The van der Waals surface area contributed by atoms with Crippen molar-refractivity contribution < 1.29 is 14.7 Å². The van der Waals surface area contributed by atoms with Gasteiger partial charge in [0.15, 0.2) is 0 Å². The van der Waals surface area contributed by atoms with Crippen LogP contribution in [0.15, 0.2) is 12.2 Å². The first kappa shape index (κ1) is 13.7. The third kappa shape index (κ3) is 3.16. The first-order valence-electron chi connectivity index (χ1n) is 6.70. The number of carbonyl (C=O) groups is 2. The Hall–Kier alpha value is -0.770. The van der Waals surface area contributed by atoms with Crippen molar-refractivity contribution in [3.63, 3.8) is 0 Å². The number of aldehydes is 1. The van der Waals surface area contributed by atoms with E-state index in [4.69, 9.17) is 5.11 Å². The largest absolute Gasteiger partial charge is 0.481 e. The predicted molar refractivity (Wildman–Crippen MR) is 72.7 cm³/mol. The highest BCUT2D eigenvalue weighted by atomic mass is 32.2. The van der Waals surface area contributed by atoms with Crippen molar-refractivity contribution in [2.45, 2.75) is 49.0 Å². The number of fused-ring (bicyclic) bond motifs is 2. The van der Waals surface area contributed by atoms with Crippen molar-refractivity contribution in [3.05, 3.63) is 12.2 Å². The van der Waals surface area contributed by atoms with Crippen LogP contribution in [0, 0.1) is 11.8 Å². The molecule has 0 spiro atoms. The van der Waals surface area contributed by atoms with Crippen LogP contribution in [0.4, 0.5) is 0 Å². The molecule has 0 aromatic heterocycles. The van der Waals surface area contributed by atoms with Gasteiger partial charge in [-0.15, -0.1) is 0 Å². The molecule has 100 valence electrons. The van der Waals surface area contributed by atoms with Gasteiger partial charge in [-0.25, -0.2) is 0 Å². The molecule has 3 nitrogen and oxygen atoms in total. The van der Waals surface area contributed by atoms with Gasteiger partial charge in [-0.1, -0.05) is 12.2 Å². The highest BCUT2D eigenvalue weighted by molar-refractivity contribution is 8.01. The second kappa shape index (κ2) is 6.41. The molecule has 0 aromatic rings. The SMILES string of the molecule is O=C[C@H]1[C@H](C/C=C\CCCC(=O)O)[C@@H]2CC[C@H]1S2. The van der Waals surface area contributed by atoms with Crippen LogP contribution in [0.25, 0.3) is 0 Å². The van der Waals surface area contributed by atoms with Crippen LogP contribution in [0.5, 0.6) is 0 Å². The van der Waals surface area contributed by atoms with Gasteiger partial charge in [0.25, 0.3) is 0 Å². The quantitative estimate of drug-likeness (QED) is 0.438. The molecule has 0 aliphatic carbocycles. The summed E-state index contributed by atoms with van der Waals surface area (Å²) in [5.74, 6) is 0.0355. The summed E-state index contributed by atoms with van der Waals surface area (Å²) in [6, 6.07) is 0. The number of rotatable bonds is 7. The van der Waals surface area contributed by atoms with E-state index in [0.29, 0.717) is 22.8 Å². The summed E-state index contributed by atoms with van der Waals surface area (Å²) >= 11 is 2.00. The number of carboxylic acid groups (broad SMARTS) is 1. The summed E-state index contributed by atoms with van der Waals surface area (Å²) < 4.78 is 0. The van der Waals surface area contributed by atoms with Gasteiger partial charge in [0, 0.05) is 22.8 Å². The van der Waals surface area contributed by atoms with Gasteiger partial charge >= 0.3 is 5.97 Å². The standard InChI is InChI=1S/C14H20O3S/c15-9-11-10(12-7-8-13(11)18-12)5-3-1-2-4-6-14(16)17/h1,3,9-13H,2,4-8H2,(H,16,17)/b3-1-/t10-,11-,12-,13+/m0/s1. The summed E-state index contributed by atoms with van der Waals surface area (Å²) in [7, 11) is 0. The van der Waals surface area contributed by atoms with Crippen LogP contribution in [0.1, 0.15) is 38.5 Å². The van der Waals surface area contributed by atoms with Crippen LogP contribution < -0.4 is 0 Å². The Morgan fingerprint density at radius 3 is 2.78 bits per heavy atom. The maximum absolute atomic E-state index is 11.1. The number of allylic oxidation sites excluding steroid dienone is 2. The van der Waals surface area contributed by atoms with Gasteiger partial charge in [-0.2, -0.15) is 11.8 Å². The zero-order valence-corrected chi connectivity index (χ0v) is 11.3. The Morgan fingerprint density at radius 2 is 2.06 bits per heavy atom. The highest BCUT2D eigenvalue weighted by Gasteiger charge is 2.47. The molecule has 2 saturated heterocycles. The van der Waals surface area contributed by atoms with Gasteiger partial charge in [-0.05, 0) is 38.0 Å². The zero-order valence-electron chi connectivity index (χ0n) is 10.5. The molecule has 0 aromatic carbocycles. The van der Waals surface area contributed by atoms with Crippen LogP contribution in [0.2, 0.25) is 0 Å². The first-order chi connectivity index (χ1) is 8.72. The number of hydrogen-bond acceptors (Lipinski definition) is 3. The molecule has 0 amide bonds.